The highest BCUT2D eigenvalue weighted by molar-refractivity contribution is 5.74. The molecule has 1 aromatic carbocycles. The fourth-order valence-corrected chi connectivity index (χ4v) is 0.532. The number of hydrogen-bond donors (Lipinski definition) is 2. The van der Waals surface area contributed by atoms with Gasteiger partial charge in [-0.2, -0.15) is 0 Å². The molecule has 0 saturated carbocycles. The molecule has 0 spiro atoms. The highest BCUT2D eigenvalue weighted by Crippen LogP contribution is 1.91. The number of hydrogen-bond acceptors (Lipinski definition) is 2. The molecule has 0 amide bonds. The largest absolute Gasteiger partial charge is 0.503 e. The van der Waals surface area contributed by atoms with Gasteiger partial charge in [0.05, 0.1) is 0 Å². The first-order chi connectivity index (χ1) is 5.66. The second-order valence-corrected chi connectivity index (χ2v) is 1.81. The third-order valence-corrected chi connectivity index (χ3v) is 0.936. The molecule has 0 aliphatic carbocycles. The zero-order valence-corrected chi connectivity index (χ0v) is 6.18. The molecule has 1 rings (SSSR count). The second-order valence-electron chi connectivity index (χ2n) is 1.81. The average molecular weight is 168 g/mol. The Balaban J connectivity index is 0.000000261. The third-order valence-electron chi connectivity index (χ3n) is 0.936. The van der Waals surface area contributed by atoms with Crippen LogP contribution in [0.2, 0.25) is 0 Å². The minimum absolute atomic E-state index is 0.729. The standard InChI is InChI=1S/C7H6O.CH2O3/c8-6-7-4-2-1-3-5-7;2-1(3)4/h1-6H;(H2,2,3,4). The highest BCUT2D eigenvalue weighted by atomic mass is 16.6. The van der Waals surface area contributed by atoms with Gasteiger partial charge in [0.2, 0.25) is 0 Å². The van der Waals surface area contributed by atoms with Gasteiger partial charge in [-0.15, -0.1) is 0 Å². The highest BCUT2D eigenvalue weighted by Gasteiger charge is 1.79. The van der Waals surface area contributed by atoms with E-state index in [-0.39, 0.29) is 0 Å². The molecular weight excluding hydrogens is 160 g/mol. The van der Waals surface area contributed by atoms with Gasteiger partial charge in [0, 0.05) is 5.56 Å². The molecule has 0 radical (unpaired) electrons. The molecule has 2 N–H and O–H groups in total. The van der Waals surface area contributed by atoms with Crippen molar-refractivity contribution in [3.63, 3.8) is 0 Å². The van der Waals surface area contributed by atoms with E-state index >= 15 is 0 Å². The van der Waals surface area contributed by atoms with Crippen LogP contribution in [0.5, 0.6) is 0 Å². The first-order valence-corrected chi connectivity index (χ1v) is 3.09. The van der Waals surface area contributed by atoms with Gasteiger partial charge in [-0.1, -0.05) is 30.3 Å². The number of benzene rings is 1. The van der Waals surface area contributed by atoms with Gasteiger partial charge >= 0.3 is 6.16 Å². The van der Waals surface area contributed by atoms with Crippen molar-refractivity contribution in [3.05, 3.63) is 35.9 Å². The molecule has 0 heterocycles. The molecule has 0 fully saturated rings. The van der Waals surface area contributed by atoms with Gasteiger partial charge in [-0.3, -0.25) is 4.79 Å². The van der Waals surface area contributed by atoms with Gasteiger partial charge in [-0.05, 0) is 0 Å². The van der Waals surface area contributed by atoms with Gasteiger partial charge in [0.1, 0.15) is 6.29 Å². The SMILES string of the molecule is O=C(O)O.O=Cc1ccccc1. The Bertz CT molecular complexity index is 238. The van der Waals surface area contributed by atoms with Crippen LogP contribution < -0.4 is 0 Å². The smallest absolute Gasteiger partial charge is 0.450 e. The number of carbonyl (C=O) groups is 2. The Kier molecular flexibility index (Phi) is 5.00. The summed E-state index contributed by atoms with van der Waals surface area (Å²) in [5, 5.41) is 13.9. The fraction of sp³-hybridized carbons (Fsp3) is 0. The summed E-state index contributed by atoms with van der Waals surface area (Å²) < 4.78 is 0. The summed E-state index contributed by atoms with van der Waals surface area (Å²) in [4.78, 5) is 18.6. The van der Waals surface area contributed by atoms with E-state index in [0.29, 0.717) is 0 Å². The van der Waals surface area contributed by atoms with E-state index in [1.807, 2.05) is 18.2 Å². The van der Waals surface area contributed by atoms with Crippen molar-refractivity contribution < 1.29 is 19.8 Å². The normalized spacial score (nSPS) is 7.67. The molecule has 0 atom stereocenters. The molecular formula is C8H8O4. The molecule has 64 valence electrons. The van der Waals surface area contributed by atoms with Crippen LogP contribution in [0.25, 0.3) is 0 Å². The van der Waals surface area contributed by atoms with E-state index in [9.17, 15) is 4.79 Å². The molecule has 4 heteroatoms. The maximum absolute atomic E-state index is 10.0. The Morgan fingerprint density at radius 3 is 1.83 bits per heavy atom. The third kappa shape index (κ3) is 6.28. The van der Waals surface area contributed by atoms with E-state index in [4.69, 9.17) is 15.0 Å². The Hall–Kier alpha value is -1.84. The first-order valence-electron chi connectivity index (χ1n) is 3.09. The molecule has 0 aliphatic heterocycles. The number of carboxylic acid groups (broad SMARTS) is 2. The van der Waals surface area contributed by atoms with Crippen molar-refractivity contribution in [2.45, 2.75) is 0 Å². The molecule has 0 unspecified atom stereocenters. The molecule has 0 saturated heterocycles. The fourth-order valence-electron chi connectivity index (χ4n) is 0.532. The maximum atomic E-state index is 10.0. The van der Waals surface area contributed by atoms with Crippen LogP contribution in [0.1, 0.15) is 10.4 Å². The summed E-state index contributed by atoms with van der Waals surface area (Å²) in [6.45, 7) is 0. The summed E-state index contributed by atoms with van der Waals surface area (Å²) in [6, 6.07) is 9.10. The summed E-state index contributed by atoms with van der Waals surface area (Å²) in [7, 11) is 0. The van der Waals surface area contributed by atoms with Crippen LogP contribution in [0, 0.1) is 0 Å². The second kappa shape index (κ2) is 5.91. The van der Waals surface area contributed by atoms with Crippen molar-refractivity contribution in [2.75, 3.05) is 0 Å². The van der Waals surface area contributed by atoms with Crippen LogP contribution >= 0.6 is 0 Å². The molecule has 12 heavy (non-hydrogen) atoms. The lowest BCUT2D eigenvalue weighted by atomic mass is 10.2. The predicted molar refractivity (Wildman–Crippen MR) is 42.5 cm³/mol. The predicted octanol–water partition coefficient (Wildman–Crippen LogP) is 1.72. The first kappa shape index (κ1) is 10.2. The summed E-state index contributed by atoms with van der Waals surface area (Å²) in [5.74, 6) is 0. The number of aldehydes is 1. The van der Waals surface area contributed by atoms with Gasteiger partial charge in [-0.25, -0.2) is 4.79 Å². The van der Waals surface area contributed by atoms with E-state index in [0.717, 1.165) is 11.8 Å². The molecule has 1 aromatic rings. The minimum Gasteiger partial charge on any atom is -0.450 e. The summed E-state index contributed by atoms with van der Waals surface area (Å²) in [5.41, 5.74) is 0.729. The Labute approximate surface area is 69.1 Å². The van der Waals surface area contributed by atoms with Gasteiger partial charge < -0.3 is 10.2 Å². The molecule has 0 aliphatic rings. The average Bonchev–Trinajstić information content (AvgIpc) is 2.05. The van der Waals surface area contributed by atoms with E-state index in [2.05, 4.69) is 0 Å². The van der Waals surface area contributed by atoms with Crippen molar-refractivity contribution >= 4 is 12.4 Å². The summed E-state index contributed by atoms with van der Waals surface area (Å²) in [6.07, 6.45) is -1.00. The van der Waals surface area contributed by atoms with Crippen LogP contribution in [0.15, 0.2) is 30.3 Å². The van der Waals surface area contributed by atoms with Crippen molar-refractivity contribution in [1.29, 1.82) is 0 Å². The van der Waals surface area contributed by atoms with Crippen molar-refractivity contribution in [1.82, 2.24) is 0 Å². The van der Waals surface area contributed by atoms with Crippen LogP contribution in [-0.2, 0) is 0 Å². The zero-order chi connectivity index (χ0) is 9.40. The Morgan fingerprint density at radius 2 is 1.58 bits per heavy atom. The number of carbonyl (C=O) groups excluding carboxylic acids is 1. The zero-order valence-electron chi connectivity index (χ0n) is 6.18. The van der Waals surface area contributed by atoms with Gasteiger partial charge in [0.25, 0.3) is 0 Å². The lowest BCUT2D eigenvalue weighted by Crippen LogP contribution is -1.81. The van der Waals surface area contributed by atoms with Crippen molar-refractivity contribution in [2.24, 2.45) is 0 Å². The van der Waals surface area contributed by atoms with Crippen LogP contribution in [0.3, 0.4) is 0 Å². The topological polar surface area (TPSA) is 74.6 Å². The van der Waals surface area contributed by atoms with Crippen LogP contribution in [0.4, 0.5) is 4.79 Å². The lowest BCUT2D eigenvalue weighted by Gasteiger charge is -1.81. The van der Waals surface area contributed by atoms with E-state index in [1.54, 1.807) is 12.1 Å². The molecule has 0 aromatic heterocycles. The maximum Gasteiger partial charge on any atom is 0.503 e. The monoisotopic (exact) mass is 168 g/mol. The van der Waals surface area contributed by atoms with Crippen LogP contribution in [-0.4, -0.2) is 22.7 Å². The molecule has 4 nitrogen and oxygen atoms in total. The Morgan fingerprint density at radius 1 is 1.17 bits per heavy atom. The van der Waals surface area contributed by atoms with E-state index in [1.165, 1.54) is 0 Å². The summed E-state index contributed by atoms with van der Waals surface area (Å²) >= 11 is 0. The van der Waals surface area contributed by atoms with E-state index < -0.39 is 6.16 Å². The lowest BCUT2D eigenvalue weighted by molar-refractivity contribution is 0.112. The quantitative estimate of drug-likeness (QED) is 0.626. The van der Waals surface area contributed by atoms with Crippen molar-refractivity contribution in [3.8, 4) is 0 Å². The van der Waals surface area contributed by atoms with Gasteiger partial charge in [0.15, 0.2) is 0 Å². The number of rotatable bonds is 1. The minimum atomic E-state index is -1.83. The molecule has 0 bridgehead atoms.